The third-order valence-electron chi connectivity index (χ3n) is 2.94. The first-order chi connectivity index (χ1) is 8.11. The fraction of sp³-hybridized carbons (Fsp3) is 0.385. The van der Waals surface area contributed by atoms with Gasteiger partial charge in [-0.1, -0.05) is 0 Å². The molecule has 0 fully saturated rings. The van der Waals surface area contributed by atoms with Gasteiger partial charge < -0.3 is 10.5 Å². The highest BCUT2D eigenvalue weighted by molar-refractivity contribution is 5.92. The van der Waals surface area contributed by atoms with Crippen LogP contribution in [0.4, 0.5) is 5.69 Å². The Bertz CT molecular complexity index is 480. The number of anilines is 1. The van der Waals surface area contributed by atoms with Gasteiger partial charge in [0.25, 0.3) is 0 Å². The fourth-order valence-corrected chi connectivity index (χ4v) is 2.09. The number of Topliss-reactive ketones (excluding diaryl/α,β-unsaturated/α-hetero) is 1. The zero-order chi connectivity index (χ0) is 12.4. The molecule has 2 rings (SSSR count). The standard InChI is InChI=1S/C13H15NO3/c1-2-17-13(16)9-5-8-3-4-10(15)7-11(8)12(14)6-9/h5-6H,2-4,7,14H2,1H3. The summed E-state index contributed by atoms with van der Waals surface area (Å²) in [6.45, 7) is 2.10. The zero-order valence-electron chi connectivity index (χ0n) is 9.79. The molecule has 0 saturated carbocycles. The zero-order valence-corrected chi connectivity index (χ0v) is 9.79. The molecule has 0 atom stereocenters. The van der Waals surface area contributed by atoms with Gasteiger partial charge in [-0.3, -0.25) is 4.79 Å². The lowest BCUT2D eigenvalue weighted by molar-refractivity contribution is -0.118. The fourth-order valence-electron chi connectivity index (χ4n) is 2.09. The highest BCUT2D eigenvalue weighted by Crippen LogP contribution is 2.26. The number of carbonyl (C=O) groups excluding carboxylic acids is 2. The summed E-state index contributed by atoms with van der Waals surface area (Å²) in [5, 5.41) is 0. The minimum Gasteiger partial charge on any atom is -0.462 e. The van der Waals surface area contributed by atoms with Crippen molar-refractivity contribution in [2.75, 3.05) is 12.3 Å². The summed E-state index contributed by atoms with van der Waals surface area (Å²) < 4.78 is 4.93. The van der Waals surface area contributed by atoms with Crippen LogP contribution in [-0.4, -0.2) is 18.4 Å². The van der Waals surface area contributed by atoms with E-state index in [1.54, 1.807) is 19.1 Å². The second kappa shape index (κ2) is 4.57. The lowest BCUT2D eigenvalue weighted by atomic mass is 9.88. The van der Waals surface area contributed by atoms with Crippen molar-refractivity contribution >= 4 is 17.4 Å². The second-order valence-electron chi connectivity index (χ2n) is 4.14. The van der Waals surface area contributed by atoms with Gasteiger partial charge in [0.1, 0.15) is 5.78 Å². The van der Waals surface area contributed by atoms with E-state index in [9.17, 15) is 9.59 Å². The number of esters is 1. The Morgan fingerprint density at radius 2 is 2.18 bits per heavy atom. The van der Waals surface area contributed by atoms with E-state index in [1.165, 1.54) is 0 Å². The van der Waals surface area contributed by atoms with E-state index in [-0.39, 0.29) is 11.8 Å². The first kappa shape index (κ1) is 11.6. The molecule has 90 valence electrons. The highest BCUT2D eigenvalue weighted by Gasteiger charge is 2.20. The largest absolute Gasteiger partial charge is 0.462 e. The summed E-state index contributed by atoms with van der Waals surface area (Å²) in [5.41, 5.74) is 8.72. The molecule has 1 aromatic rings. The molecule has 0 amide bonds. The maximum absolute atomic E-state index is 11.6. The molecule has 0 heterocycles. The molecule has 0 bridgehead atoms. The Morgan fingerprint density at radius 1 is 1.41 bits per heavy atom. The van der Waals surface area contributed by atoms with Crippen molar-refractivity contribution in [2.24, 2.45) is 0 Å². The number of benzene rings is 1. The molecular weight excluding hydrogens is 218 g/mol. The minimum absolute atomic E-state index is 0.202. The van der Waals surface area contributed by atoms with Crippen LogP contribution in [0.2, 0.25) is 0 Å². The number of ether oxygens (including phenoxy) is 1. The van der Waals surface area contributed by atoms with Crippen molar-refractivity contribution in [3.8, 4) is 0 Å². The van der Waals surface area contributed by atoms with E-state index in [4.69, 9.17) is 10.5 Å². The number of ketones is 1. The van der Waals surface area contributed by atoms with Gasteiger partial charge in [0.15, 0.2) is 0 Å². The van der Waals surface area contributed by atoms with Gasteiger partial charge in [0.05, 0.1) is 12.2 Å². The van der Waals surface area contributed by atoms with Crippen molar-refractivity contribution in [1.82, 2.24) is 0 Å². The number of nitrogen functional groups attached to an aromatic ring is 1. The van der Waals surface area contributed by atoms with E-state index in [0.29, 0.717) is 37.1 Å². The number of hydrogen-bond acceptors (Lipinski definition) is 4. The van der Waals surface area contributed by atoms with Crippen LogP contribution in [-0.2, 0) is 22.4 Å². The Labute approximate surface area is 99.8 Å². The molecular formula is C13H15NO3. The van der Waals surface area contributed by atoms with E-state index in [2.05, 4.69) is 0 Å². The predicted octanol–water partition coefficient (Wildman–Crippen LogP) is 1.50. The van der Waals surface area contributed by atoms with Crippen LogP contribution in [0.25, 0.3) is 0 Å². The summed E-state index contributed by atoms with van der Waals surface area (Å²) in [5.74, 6) is -0.160. The molecule has 1 aromatic carbocycles. The average Bonchev–Trinajstić information content (AvgIpc) is 2.30. The summed E-state index contributed by atoms with van der Waals surface area (Å²) >= 11 is 0. The van der Waals surface area contributed by atoms with E-state index >= 15 is 0 Å². The van der Waals surface area contributed by atoms with Gasteiger partial charge in [-0.05, 0) is 36.6 Å². The average molecular weight is 233 g/mol. The van der Waals surface area contributed by atoms with Crippen LogP contribution < -0.4 is 5.73 Å². The van der Waals surface area contributed by atoms with Crippen LogP contribution in [0.5, 0.6) is 0 Å². The number of nitrogens with two attached hydrogens (primary N) is 1. The molecule has 17 heavy (non-hydrogen) atoms. The number of carbonyl (C=O) groups is 2. The summed E-state index contributed by atoms with van der Waals surface area (Å²) in [4.78, 5) is 23.0. The van der Waals surface area contributed by atoms with Crippen LogP contribution in [0.3, 0.4) is 0 Å². The molecule has 0 unspecified atom stereocenters. The van der Waals surface area contributed by atoms with E-state index in [0.717, 1.165) is 11.1 Å². The van der Waals surface area contributed by atoms with Crippen molar-refractivity contribution in [3.05, 3.63) is 28.8 Å². The molecule has 0 spiro atoms. The normalized spacial score (nSPS) is 14.3. The summed E-state index contributed by atoms with van der Waals surface area (Å²) in [7, 11) is 0. The molecule has 4 nitrogen and oxygen atoms in total. The predicted molar refractivity (Wildman–Crippen MR) is 63.8 cm³/mol. The smallest absolute Gasteiger partial charge is 0.338 e. The SMILES string of the molecule is CCOC(=O)c1cc(N)c2c(c1)CCC(=O)C2. The Balaban J connectivity index is 2.37. The van der Waals surface area contributed by atoms with Crippen LogP contribution in [0.15, 0.2) is 12.1 Å². The third-order valence-corrected chi connectivity index (χ3v) is 2.94. The van der Waals surface area contributed by atoms with Gasteiger partial charge in [-0.25, -0.2) is 4.79 Å². The van der Waals surface area contributed by atoms with Crippen molar-refractivity contribution in [1.29, 1.82) is 0 Å². The quantitative estimate of drug-likeness (QED) is 0.621. The third kappa shape index (κ3) is 2.30. The second-order valence-corrected chi connectivity index (χ2v) is 4.14. The molecule has 1 aliphatic carbocycles. The van der Waals surface area contributed by atoms with Crippen LogP contribution >= 0.6 is 0 Å². The van der Waals surface area contributed by atoms with E-state index in [1.807, 2.05) is 0 Å². The van der Waals surface area contributed by atoms with Gasteiger partial charge in [-0.15, -0.1) is 0 Å². The number of hydrogen-bond donors (Lipinski definition) is 1. The molecule has 0 saturated heterocycles. The Morgan fingerprint density at radius 3 is 2.88 bits per heavy atom. The highest BCUT2D eigenvalue weighted by atomic mass is 16.5. The van der Waals surface area contributed by atoms with Crippen molar-refractivity contribution in [3.63, 3.8) is 0 Å². The summed E-state index contributed by atoms with van der Waals surface area (Å²) in [6, 6.07) is 3.38. The van der Waals surface area contributed by atoms with E-state index < -0.39 is 0 Å². The van der Waals surface area contributed by atoms with Gasteiger partial charge >= 0.3 is 5.97 Å². The lowest BCUT2D eigenvalue weighted by Gasteiger charge is -2.18. The minimum atomic E-state index is -0.362. The molecule has 2 N–H and O–H groups in total. The topological polar surface area (TPSA) is 69.4 Å². The van der Waals surface area contributed by atoms with Crippen LogP contribution in [0.1, 0.15) is 34.8 Å². The van der Waals surface area contributed by atoms with Gasteiger partial charge in [-0.2, -0.15) is 0 Å². The Hall–Kier alpha value is -1.84. The molecule has 4 heteroatoms. The van der Waals surface area contributed by atoms with Gasteiger partial charge in [0.2, 0.25) is 0 Å². The van der Waals surface area contributed by atoms with Crippen molar-refractivity contribution in [2.45, 2.75) is 26.2 Å². The maximum atomic E-state index is 11.6. The van der Waals surface area contributed by atoms with Crippen LogP contribution in [0, 0.1) is 0 Å². The number of fused-ring (bicyclic) bond motifs is 1. The lowest BCUT2D eigenvalue weighted by Crippen LogP contribution is -2.17. The number of rotatable bonds is 2. The molecule has 0 radical (unpaired) electrons. The van der Waals surface area contributed by atoms with Gasteiger partial charge in [0, 0.05) is 18.5 Å². The Kier molecular flexibility index (Phi) is 3.13. The summed E-state index contributed by atoms with van der Waals surface area (Å²) in [6.07, 6.45) is 1.56. The molecule has 1 aliphatic rings. The van der Waals surface area contributed by atoms with Crippen molar-refractivity contribution < 1.29 is 14.3 Å². The molecule has 0 aromatic heterocycles. The monoisotopic (exact) mass is 233 g/mol. The first-order valence-electron chi connectivity index (χ1n) is 5.72. The first-order valence-corrected chi connectivity index (χ1v) is 5.72. The maximum Gasteiger partial charge on any atom is 0.338 e. The number of aryl methyl sites for hydroxylation is 1. The molecule has 0 aliphatic heterocycles.